The summed E-state index contributed by atoms with van der Waals surface area (Å²) < 4.78 is 19.5. The molecule has 8 heteroatoms. The van der Waals surface area contributed by atoms with Crippen LogP contribution in [0.4, 0.5) is 10.1 Å². The number of fused-ring (bicyclic) bond motifs is 1. The predicted molar refractivity (Wildman–Crippen MR) is 91.2 cm³/mol. The van der Waals surface area contributed by atoms with Crippen LogP contribution in [0, 0.1) is 5.82 Å². The molecule has 3 rings (SSSR count). The zero-order valence-corrected chi connectivity index (χ0v) is 14.1. The minimum Gasteiger partial charge on any atom is -0.464 e. The first-order valence-electron chi connectivity index (χ1n) is 6.89. The Bertz CT molecular complexity index is 935. The highest BCUT2D eigenvalue weighted by Gasteiger charge is 2.19. The van der Waals surface area contributed by atoms with Crippen LogP contribution < -0.4 is 5.32 Å². The van der Waals surface area contributed by atoms with Gasteiger partial charge in [-0.2, -0.15) is 0 Å². The molecule has 1 N–H and O–H groups in total. The monoisotopic (exact) mass is 366 g/mol. The summed E-state index contributed by atoms with van der Waals surface area (Å²) >= 11 is 7.12. The molecule has 0 aliphatic heterocycles. The molecular weight excluding hydrogens is 355 g/mol. The quantitative estimate of drug-likeness (QED) is 0.712. The third-order valence-electron chi connectivity index (χ3n) is 3.40. The van der Waals surface area contributed by atoms with Crippen LogP contribution in [0.2, 0.25) is 5.02 Å². The van der Waals surface area contributed by atoms with Gasteiger partial charge < -0.3 is 14.6 Å². The number of nitrogens with zero attached hydrogens (tertiary/aromatic N) is 1. The largest absolute Gasteiger partial charge is 0.464 e. The third-order valence-corrected chi connectivity index (χ3v) is 4.64. The molecule has 0 aliphatic carbocycles. The number of rotatable bonds is 4. The number of amides is 1. The lowest BCUT2D eigenvalue weighted by atomic mass is 10.3. The molecule has 124 valence electrons. The molecule has 0 aliphatic rings. The van der Waals surface area contributed by atoms with Crippen LogP contribution in [-0.4, -0.2) is 23.6 Å². The van der Waals surface area contributed by atoms with Gasteiger partial charge in [-0.05, 0) is 35.7 Å². The Morgan fingerprint density at radius 1 is 1.33 bits per heavy atom. The van der Waals surface area contributed by atoms with E-state index in [1.807, 2.05) is 11.4 Å². The zero-order valence-electron chi connectivity index (χ0n) is 12.5. The molecule has 0 spiro atoms. The average Bonchev–Trinajstić information content (AvgIpc) is 3.13. The van der Waals surface area contributed by atoms with Gasteiger partial charge in [0.25, 0.3) is 0 Å². The number of hydrogen-bond donors (Lipinski definition) is 1. The molecule has 1 aromatic carbocycles. The number of ether oxygens (including phenoxy) is 1. The minimum absolute atomic E-state index is 0.0790. The Morgan fingerprint density at radius 2 is 2.12 bits per heavy atom. The van der Waals surface area contributed by atoms with Gasteiger partial charge in [-0.1, -0.05) is 11.6 Å². The van der Waals surface area contributed by atoms with Gasteiger partial charge in [0, 0.05) is 11.1 Å². The van der Waals surface area contributed by atoms with E-state index in [1.54, 1.807) is 10.6 Å². The fourth-order valence-electron chi connectivity index (χ4n) is 2.32. The number of anilines is 1. The van der Waals surface area contributed by atoms with Crippen LogP contribution in [-0.2, 0) is 16.1 Å². The van der Waals surface area contributed by atoms with Gasteiger partial charge in [0.1, 0.15) is 22.9 Å². The van der Waals surface area contributed by atoms with E-state index in [0.29, 0.717) is 11.4 Å². The summed E-state index contributed by atoms with van der Waals surface area (Å²) in [4.78, 5) is 25.0. The van der Waals surface area contributed by atoms with Gasteiger partial charge in [-0.15, -0.1) is 11.3 Å². The molecule has 0 unspecified atom stereocenters. The maximum Gasteiger partial charge on any atom is 0.354 e. The number of carbonyl (C=O) groups excluding carboxylic acids is 2. The van der Waals surface area contributed by atoms with E-state index >= 15 is 0 Å². The smallest absolute Gasteiger partial charge is 0.354 e. The van der Waals surface area contributed by atoms with Gasteiger partial charge in [-0.3, -0.25) is 4.79 Å². The lowest BCUT2D eigenvalue weighted by molar-refractivity contribution is -0.116. The van der Waals surface area contributed by atoms with Crippen molar-refractivity contribution in [2.24, 2.45) is 0 Å². The molecule has 3 aromatic rings. The lowest BCUT2D eigenvalue weighted by Crippen LogP contribution is -2.21. The lowest BCUT2D eigenvalue weighted by Gasteiger charge is -2.10. The molecule has 2 heterocycles. The summed E-state index contributed by atoms with van der Waals surface area (Å²) in [6.07, 6.45) is 0. The Kier molecular flexibility index (Phi) is 4.55. The first kappa shape index (κ1) is 16.5. The van der Waals surface area contributed by atoms with E-state index < -0.39 is 11.8 Å². The number of hydrogen-bond acceptors (Lipinski definition) is 4. The van der Waals surface area contributed by atoms with Crippen molar-refractivity contribution in [2.75, 3.05) is 12.4 Å². The first-order valence-corrected chi connectivity index (χ1v) is 8.15. The van der Waals surface area contributed by atoms with E-state index in [-0.39, 0.29) is 17.5 Å². The van der Waals surface area contributed by atoms with Crippen LogP contribution >= 0.6 is 22.9 Å². The highest BCUT2D eigenvalue weighted by molar-refractivity contribution is 7.16. The van der Waals surface area contributed by atoms with Crippen LogP contribution in [0.5, 0.6) is 0 Å². The molecule has 0 saturated carbocycles. The van der Waals surface area contributed by atoms with Gasteiger partial charge in [0.15, 0.2) is 0 Å². The van der Waals surface area contributed by atoms with E-state index in [9.17, 15) is 14.0 Å². The zero-order chi connectivity index (χ0) is 17.3. The van der Waals surface area contributed by atoms with Crippen molar-refractivity contribution in [1.29, 1.82) is 0 Å². The van der Waals surface area contributed by atoms with Crippen LogP contribution in [0.15, 0.2) is 35.7 Å². The van der Waals surface area contributed by atoms with Crippen LogP contribution in [0.1, 0.15) is 10.5 Å². The Morgan fingerprint density at radius 3 is 2.83 bits per heavy atom. The van der Waals surface area contributed by atoms with Gasteiger partial charge in [-0.25, -0.2) is 9.18 Å². The standard InChI is InChI=1S/C16H12ClFN2O3S/c1-23-16(22)13-6-9-4-5-24-15(9)20(13)8-14(21)19-10-2-3-12(18)11(17)7-10/h2-7H,8H2,1H3,(H,19,21). The SMILES string of the molecule is COC(=O)c1cc2ccsc2n1CC(=O)Nc1ccc(F)c(Cl)c1. The minimum atomic E-state index is -0.562. The van der Waals surface area contributed by atoms with E-state index in [1.165, 1.54) is 36.6 Å². The highest BCUT2D eigenvalue weighted by Crippen LogP contribution is 2.26. The molecular formula is C16H12ClFN2O3S. The summed E-state index contributed by atoms with van der Waals surface area (Å²) in [6, 6.07) is 7.45. The number of benzene rings is 1. The Balaban J connectivity index is 1.85. The number of nitrogens with one attached hydrogen (secondary N) is 1. The predicted octanol–water partition coefficient (Wildman–Crippen LogP) is 3.92. The van der Waals surface area contributed by atoms with Crippen molar-refractivity contribution in [3.05, 3.63) is 52.2 Å². The summed E-state index contributed by atoms with van der Waals surface area (Å²) in [5.41, 5.74) is 0.673. The van der Waals surface area contributed by atoms with Gasteiger partial charge >= 0.3 is 5.97 Å². The molecule has 0 atom stereocenters. The number of methoxy groups -OCH3 is 1. The van der Waals surface area contributed by atoms with Gasteiger partial charge in [0.05, 0.1) is 12.1 Å². The van der Waals surface area contributed by atoms with Crippen molar-refractivity contribution >= 4 is 50.7 Å². The van der Waals surface area contributed by atoms with Crippen molar-refractivity contribution in [3.63, 3.8) is 0 Å². The van der Waals surface area contributed by atoms with E-state index in [2.05, 4.69) is 5.32 Å². The molecule has 5 nitrogen and oxygen atoms in total. The Labute approximate surface area is 145 Å². The number of thiophene rings is 1. The van der Waals surface area contributed by atoms with Crippen molar-refractivity contribution in [3.8, 4) is 0 Å². The summed E-state index contributed by atoms with van der Waals surface area (Å²) in [5.74, 6) is -1.45. The molecule has 1 amide bonds. The maximum atomic E-state index is 13.2. The number of halogens is 2. The fraction of sp³-hybridized carbons (Fsp3) is 0.125. The summed E-state index contributed by atoms with van der Waals surface area (Å²) in [5, 5.41) is 5.29. The first-order chi connectivity index (χ1) is 11.5. The molecule has 24 heavy (non-hydrogen) atoms. The number of esters is 1. The summed E-state index contributed by atoms with van der Waals surface area (Å²) in [7, 11) is 1.29. The summed E-state index contributed by atoms with van der Waals surface area (Å²) in [6.45, 7) is -0.0799. The number of carbonyl (C=O) groups is 2. The second-order valence-electron chi connectivity index (χ2n) is 4.97. The molecule has 0 bridgehead atoms. The number of aromatic nitrogens is 1. The van der Waals surface area contributed by atoms with Crippen LogP contribution in [0.3, 0.4) is 0 Å². The van der Waals surface area contributed by atoms with Gasteiger partial charge in [0.2, 0.25) is 5.91 Å². The fourth-order valence-corrected chi connectivity index (χ4v) is 3.40. The molecule has 0 saturated heterocycles. The van der Waals surface area contributed by atoms with Crippen molar-refractivity contribution in [1.82, 2.24) is 4.57 Å². The topological polar surface area (TPSA) is 60.3 Å². The molecule has 0 radical (unpaired) electrons. The molecule has 0 fully saturated rings. The van der Waals surface area contributed by atoms with Crippen LogP contribution in [0.25, 0.3) is 10.2 Å². The average molecular weight is 367 g/mol. The van der Waals surface area contributed by atoms with Crippen molar-refractivity contribution < 1.29 is 18.7 Å². The Hall–Kier alpha value is -2.38. The maximum absolute atomic E-state index is 13.2. The highest BCUT2D eigenvalue weighted by atomic mass is 35.5. The molecule has 2 aromatic heterocycles. The van der Waals surface area contributed by atoms with Crippen molar-refractivity contribution in [2.45, 2.75) is 6.54 Å². The van der Waals surface area contributed by atoms with E-state index in [4.69, 9.17) is 16.3 Å². The second kappa shape index (κ2) is 6.62. The normalized spacial score (nSPS) is 10.8. The third kappa shape index (κ3) is 3.13. The second-order valence-corrected chi connectivity index (χ2v) is 6.27. The van der Waals surface area contributed by atoms with E-state index in [0.717, 1.165) is 10.2 Å².